The monoisotopic (exact) mass is 359 g/mol. The highest BCUT2D eigenvalue weighted by Gasteiger charge is 2.28. The first-order chi connectivity index (χ1) is 9.61. The highest BCUT2D eigenvalue weighted by atomic mass is 79.9. The number of rotatable bonds is 4. The number of carbonyl (C=O) groups is 1. The first-order valence-corrected chi connectivity index (χ1v) is 7.95. The second-order valence-corrected chi connectivity index (χ2v) is 6.09. The van der Waals surface area contributed by atoms with Crippen molar-refractivity contribution in [1.82, 2.24) is 15.5 Å². The molecule has 2 N–H and O–H groups in total. The van der Waals surface area contributed by atoms with Gasteiger partial charge in [0.1, 0.15) is 6.04 Å². The fourth-order valence-electron chi connectivity index (χ4n) is 2.36. The molecule has 0 radical (unpaired) electrons. The Balaban J connectivity index is 2.08. The Morgan fingerprint density at radius 1 is 1.60 bits per heavy atom. The Morgan fingerprint density at radius 2 is 2.40 bits per heavy atom. The van der Waals surface area contributed by atoms with Gasteiger partial charge in [-0.3, -0.25) is 9.69 Å². The molecular weight excluding hydrogens is 342 g/mol. The molecule has 0 saturated carbocycles. The molecule has 0 aliphatic carbocycles. The predicted molar refractivity (Wildman–Crippen MR) is 84.9 cm³/mol. The van der Waals surface area contributed by atoms with Crippen LogP contribution >= 0.6 is 27.5 Å². The minimum atomic E-state index is -0.113. The average molecular weight is 361 g/mol. The minimum absolute atomic E-state index is 0.0905. The second kappa shape index (κ2) is 7.41. The van der Waals surface area contributed by atoms with Crippen molar-refractivity contribution >= 4 is 33.4 Å². The van der Waals surface area contributed by atoms with Gasteiger partial charge in [0.2, 0.25) is 5.91 Å². The van der Waals surface area contributed by atoms with Crippen molar-refractivity contribution in [2.45, 2.75) is 19.5 Å². The van der Waals surface area contributed by atoms with Crippen molar-refractivity contribution in [2.24, 2.45) is 0 Å². The number of piperazine rings is 1. The van der Waals surface area contributed by atoms with E-state index in [9.17, 15) is 4.79 Å². The second-order valence-electron chi connectivity index (χ2n) is 4.83. The van der Waals surface area contributed by atoms with Gasteiger partial charge in [0.05, 0.1) is 5.02 Å². The summed E-state index contributed by atoms with van der Waals surface area (Å²) >= 11 is 9.45. The van der Waals surface area contributed by atoms with Gasteiger partial charge in [-0.1, -0.05) is 17.7 Å². The smallest absolute Gasteiger partial charge is 0.238 e. The molecule has 1 fully saturated rings. The zero-order chi connectivity index (χ0) is 14.5. The van der Waals surface area contributed by atoms with Crippen LogP contribution in [0.2, 0.25) is 5.02 Å². The van der Waals surface area contributed by atoms with E-state index in [4.69, 9.17) is 11.6 Å². The largest absolute Gasteiger partial charge is 0.355 e. The van der Waals surface area contributed by atoms with E-state index in [0.717, 1.165) is 29.7 Å². The van der Waals surface area contributed by atoms with Crippen molar-refractivity contribution in [3.05, 3.63) is 33.3 Å². The summed E-state index contributed by atoms with van der Waals surface area (Å²) in [6.07, 6.45) is 0. The molecule has 4 nitrogen and oxygen atoms in total. The third-order valence-corrected chi connectivity index (χ3v) is 4.59. The fourth-order valence-corrected chi connectivity index (χ4v) is 2.90. The molecule has 1 heterocycles. The Kier molecular flexibility index (Phi) is 5.84. The van der Waals surface area contributed by atoms with Crippen molar-refractivity contribution < 1.29 is 4.79 Å². The summed E-state index contributed by atoms with van der Waals surface area (Å²) in [7, 11) is 0. The van der Waals surface area contributed by atoms with Gasteiger partial charge < -0.3 is 10.6 Å². The van der Waals surface area contributed by atoms with E-state index in [-0.39, 0.29) is 11.9 Å². The van der Waals surface area contributed by atoms with Gasteiger partial charge in [-0.25, -0.2) is 0 Å². The maximum absolute atomic E-state index is 12.1. The summed E-state index contributed by atoms with van der Waals surface area (Å²) in [5.41, 5.74) is 1.15. The highest BCUT2D eigenvalue weighted by Crippen LogP contribution is 2.24. The summed E-state index contributed by atoms with van der Waals surface area (Å²) in [6, 6.07) is 5.78. The van der Waals surface area contributed by atoms with Crippen LogP contribution < -0.4 is 10.6 Å². The zero-order valence-corrected chi connectivity index (χ0v) is 13.8. The number of halogens is 2. The summed E-state index contributed by atoms with van der Waals surface area (Å²) in [6.45, 7) is 5.82. The van der Waals surface area contributed by atoms with Crippen molar-refractivity contribution in [1.29, 1.82) is 0 Å². The van der Waals surface area contributed by atoms with Crippen LogP contribution in [0.4, 0.5) is 0 Å². The molecule has 0 aromatic heterocycles. The Bertz CT molecular complexity index is 483. The molecule has 6 heteroatoms. The Labute approximate surface area is 133 Å². The molecule has 20 heavy (non-hydrogen) atoms. The lowest BCUT2D eigenvalue weighted by Gasteiger charge is -2.35. The molecule has 1 unspecified atom stereocenters. The first-order valence-electron chi connectivity index (χ1n) is 6.78. The number of benzene rings is 1. The van der Waals surface area contributed by atoms with Crippen LogP contribution in [0.15, 0.2) is 22.7 Å². The number of nitrogens with zero attached hydrogens (tertiary/aromatic N) is 1. The maximum atomic E-state index is 12.1. The molecule has 2 rings (SSSR count). The van der Waals surface area contributed by atoms with Crippen LogP contribution in [0.1, 0.15) is 12.5 Å². The molecule has 0 bridgehead atoms. The predicted octanol–water partition coefficient (Wildman–Crippen LogP) is 2.01. The quantitative estimate of drug-likeness (QED) is 0.863. The van der Waals surface area contributed by atoms with Crippen LogP contribution in [0.25, 0.3) is 0 Å². The standard InChI is InChI=1S/C14H19BrClN3O/c1-2-18-14(20)13-8-17-5-6-19(13)9-10-3-4-12(16)11(15)7-10/h3-4,7,13,17H,2,5-6,8-9H2,1H3,(H,18,20). The molecule has 1 saturated heterocycles. The lowest BCUT2D eigenvalue weighted by molar-refractivity contribution is -0.127. The number of likely N-dealkylation sites (N-methyl/N-ethyl adjacent to an activating group) is 1. The van der Waals surface area contributed by atoms with Crippen LogP contribution in [0, 0.1) is 0 Å². The molecule has 1 aromatic carbocycles. The fraction of sp³-hybridized carbons (Fsp3) is 0.500. The summed E-state index contributed by atoms with van der Waals surface area (Å²) in [4.78, 5) is 14.3. The molecule has 1 aliphatic heterocycles. The van der Waals surface area contributed by atoms with Gasteiger partial charge in [-0.2, -0.15) is 0 Å². The van der Waals surface area contributed by atoms with Crippen LogP contribution in [0.3, 0.4) is 0 Å². The number of hydrogen-bond acceptors (Lipinski definition) is 3. The molecule has 0 spiro atoms. The van der Waals surface area contributed by atoms with Crippen LogP contribution in [-0.2, 0) is 11.3 Å². The van der Waals surface area contributed by atoms with E-state index in [1.54, 1.807) is 0 Å². The maximum Gasteiger partial charge on any atom is 0.238 e. The van der Waals surface area contributed by atoms with Gasteiger partial charge in [-0.15, -0.1) is 0 Å². The van der Waals surface area contributed by atoms with Gasteiger partial charge in [0, 0.05) is 37.2 Å². The minimum Gasteiger partial charge on any atom is -0.355 e. The number of hydrogen-bond donors (Lipinski definition) is 2. The number of carbonyl (C=O) groups excluding carboxylic acids is 1. The van der Waals surface area contributed by atoms with Crippen LogP contribution in [-0.4, -0.2) is 43.0 Å². The van der Waals surface area contributed by atoms with E-state index < -0.39 is 0 Å². The Morgan fingerprint density at radius 3 is 3.10 bits per heavy atom. The third kappa shape index (κ3) is 3.95. The van der Waals surface area contributed by atoms with Gasteiger partial charge >= 0.3 is 0 Å². The lowest BCUT2D eigenvalue weighted by atomic mass is 10.1. The van der Waals surface area contributed by atoms with Crippen molar-refractivity contribution in [3.63, 3.8) is 0 Å². The third-order valence-electron chi connectivity index (χ3n) is 3.38. The number of amides is 1. The summed E-state index contributed by atoms with van der Waals surface area (Å²) in [5.74, 6) is 0.0905. The molecule has 1 amide bonds. The molecule has 1 aromatic rings. The SMILES string of the molecule is CCNC(=O)C1CNCCN1Cc1ccc(Cl)c(Br)c1. The van der Waals surface area contributed by atoms with Gasteiger partial charge in [-0.05, 0) is 40.5 Å². The van der Waals surface area contributed by atoms with Gasteiger partial charge in [0.25, 0.3) is 0 Å². The number of nitrogens with one attached hydrogen (secondary N) is 2. The van der Waals surface area contributed by atoms with E-state index in [1.807, 2.05) is 25.1 Å². The molecule has 110 valence electrons. The average Bonchev–Trinajstić information content (AvgIpc) is 2.44. The van der Waals surface area contributed by atoms with Gasteiger partial charge in [0.15, 0.2) is 0 Å². The normalized spacial score (nSPS) is 19.9. The first kappa shape index (κ1) is 15.8. The van der Waals surface area contributed by atoms with E-state index >= 15 is 0 Å². The zero-order valence-electron chi connectivity index (χ0n) is 11.5. The van der Waals surface area contributed by atoms with Crippen LogP contribution in [0.5, 0.6) is 0 Å². The molecular formula is C14H19BrClN3O. The van der Waals surface area contributed by atoms with E-state index in [1.165, 1.54) is 0 Å². The summed E-state index contributed by atoms with van der Waals surface area (Å²) < 4.78 is 0.890. The van der Waals surface area contributed by atoms with E-state index in [0.29, 0.717) is 18.1 Å². The molecule has 1 atom stereocenters. The lowest BCUT2D eigenvalue weighted by Crippen LogP contribution is -2.57. The van der Waals surface area contributed by atoms with Crippen molar-refractivity contribution in [3.8, 4) is 0 Å². The molecule has 1 aliphatic rings. The van der Waals surface area contributed by atoms with E-state index in [2.05, 4.69) is 31.5 Å². The topological polar surface area (TPSA) is 44.4 Å². The van der Waals surface area contributed by atoms with Crippen molar-refractivity contribution in [2.75, 3.05) is 26.2 Å². The summed E-state index contributed by atoms with van der Waals surface area (Å²) in [5, 5.41) is 6.88. The Hall–Kier alpha value is -0.620. The highest BCUT2D eigenvalue weighted by molar-refractivity contribution is 9.10.